The Hall–Kier alpha value is -0.0800. The van der Waals surface area contributed by atoms with Gasteiger partial charge in [-0.15, -0.1) is 0 Å². The predicted molar refractivity (Wildman–Crippen MR) is 86.0 cm³/mol. The maximum Gasteiger partial charge on any atom is 0.0661 e. The van der Waals surface area contributed by atoms with Crippen molar-refractivity contribution >= 4 is 0 Å². The molecule has 2 nitrogen and oxygen atoms in total. The van der Waals surface area contributed by atoms with Gasteiger partial charge in [-0.05, 0) is 44.1 Å². The average Bonchev–Trinajstić information content (AvgIpc) is 2.41. The monoisotopic (exact) mass is 281 g/mol. The highest BCUT2D eigenvalue weighted by Crippen LogP contribution is 2.53. The zero-order valence-corrected chi connectivity index (χ0v) is 14.1. The second-order valence-electron chi connectivity index (χ2n) is 8.21. The molecule has 0 aromatic heterocycles. The Bertz CT molecular complexity index is 288. The lowest BCUT2D eigenvalue weighted by Crippen LogP contribution is -2.64. The molecule has 0 saturated heterocycles. The molecule has 0 amide bonds. The van der Waals surface area contributed by atoms with E-state index in [9.17, 15) is 0 Å². The molecule has 2 unspecified atom stereocenters. The zero-order chi connectivity index (χ0) is 14.6. The fraction of sp³-hybridized carbons (Fsp3) is 1.00. The van der Waals surface area contributed by atoms with Crippen molar-refractivity contribution in [1.82, 2.24) is 5.32 Å². The van der Waals surface area contributed by atoms with Gasteiger partial charge in [-0.2, -0.15) is 0 Å². The SMILES string of the molecule is CCCNC1CC(OCCC(C)(C)C)C12CCCCC2. The summed E-state index contributed by atoms with van der Waals surface area (Å²) in [5, 5.41) is 3.79. The first kappa shape index (κ1) is 16.3. The maximum absolute atomic E-state index is 6.32. The lowest BCUT2D eigenvalue weighted by atomic mass is 9.55. The van der Waals surface area contributed by atoms with Crippen molar-refractivity contribution in [3.63, 3.8) is 0 Å². The Morgan fingerprint density at radius 3 is 2.45 bits per heavy atom. The highest BCUT2D eigenvalue weighted by molar-refractivity contribution is 5.08. The highest BCUT2D eigenvalue weighted by atomic mass is 16.5. The molecule has 2 aliphatic rings. The van der Waals surface area contributed by atoms with Crippen LogP contribution < -0.4 is 5.32 Å². The van der Waals surface area contributed by atoms with E-state index < -0.39 is 0 Å². The van der Waals surface area contributed by atoms with Crippen molar-refractivity contribution in [3.8, 4) is 0 Å². The lowest BCUT2D eigenvalue weighted by Gasteiger charge is -2.58. The molecule has 2 atom stereocenters. The molecule has 2 aliphatic carbocycles. The molecule has 2 heteroatoms. The first-order valence-electron chi connectivity index (χ1n) is 8.83. The normalized spacial score (nSPS) is 29.4. The largest absolute Gasteiger partial charge is 0.377 e. The van der Waals surface area contributed by atoms with Gasteiger partial charge in [0.1, 0.15) is 0 Å². The summed E-state index contributed by atoms with van der Waals surface area (Å²) in [5.41, 5.74) is 0.870. The van der Waals surface area contributed by atoms with Gasteiger partial charge >= 0.3 is 0 Å². The number of hydrogen-bond acceptors (Lipinski definition) is 2. The summed E-state index contributed by atoms with van der Waals surface area (Å²) in [6.45, 7) is 11.3. The number of nitrogens with one attached hydrogen (secondary N) is 1. The first-order valence-corrected chi connectivity index (χ1v) is 8.83. The Morgan fingerprint density at radius 2 is 1.85 bits per heavy atom. The van der Waals surface area contributed by atoms with Crippen LogP contribution in [0.15, 0.2) is 0 Å². The summed E-state index contributed by atoms with van der Waals surface area (Å²) in [6.07, 6.45) is 11.2. The van der Waals surface area contributed by atoms with Gasteiger partial charge in [0.15, 0.2) is 0 Å². The molecule has 2 fully saturated rings. The molecule has 20 heavy (non-hydrogen) atoms. The van der Waals surface area contributed by atoms with Crippen molar-refractivity contribution in [1.29, 1.82) is 0 Å². The molecule has 0 bridgehead atoms. The third-order valence-electron chi connectivity index (χ3n) is 5.38. The molecule has 2 saturated carbocycles. The van der Waals surface area contributed by atoms with Crippen LogP contribution in [-0.2, 0) is 4.74 Å². The third-order valence-corrected chi connectivity index (χ3v) is 5.38. The molecule has 0 aromatic carbocycles. The number of rotatable bonds is 6. The van der Waals surface area contributed by atoms with E-state index in [1.807, 2.05) is 0 Å². The van der Waals surface area contributed by atoms with Gasteiger partial charge in [0.25, 0.3) is 0 Å². The van der Waals surface area contributed by atoms with Crippen molar-refractivity contribution in [2.24, 2.45) is 10.8 Å². The highest BCUT2D eigenvalue weighted by Gasteiger charge is 2.55. The van der Waals surface area contributed by atoms with E-state index in [4.69, 9.17) is 4.74 Å². The van der Waals surface area contributed by atoms with E-state index in [0.717, 1.165) is 12.6 Å². The van der Waals surface area contributed by atoms with Gasteiger partial charge in [-0.1, -0.05) is 47.0 Å². The van der Waals surface area contributed by atoms with Crippen LogP contribution in [0.3, 0.4) is 0 Å². The van der Waals surface area contributed by atoms with Crippen LogP contribution in [0.5, 0.6) is 0 Å². The minimum Gasteiger partial charge on any atom is -0.377 e. The van der Waals surface area contributed by atoms with Gasteiger partial charge < -0.3 is 10.1 Å². The van der Waals surface area contributed by atoms with Crippen LogP contribution in [0.4, 0.5) is 0 Å². The first-order chi connectivity index (χ1) is 9.48. The molecule has 0 aromatic rings. The molecule has 0 radical (unpaired) electrons. The van der Waals surface area contributed by atoms with Crippen LogP contribution in [0.1, 0.15) is 79.1 Å². The van der Waals surface area contributed by atoms with E-state index in [1.54, 1.807) is 0 Å². The Morgan fingerprint density at radius 1 is 1.15 bits per heavy atom. The van der Waals surface area contributed by atoms with Crippen LogP contribution in [0.25, 0.3) is 0 Å². The quantitative estimate of drug-likeness (QED) is 0.772. The van der Waals surface area contributed by atoms with Crippen LogP contribution in [0.2, 0.25) is 0 Å². The third kappa shape index (κ3) is 3.76. The van der Waals surface area contributed by atoms with Crippen molar-refractivity contribution in [2.75, 3.05) is 13.2 Å². The predicted octanol–water partition coefficient (Wildman–Crippen LogP) is 4.53. The Balaban J connectivity index is 1.86. The van der Waals surface area contributed by atoms with Crippen LogP contribution in [-0.4, -0.2) is 25.3 Å². The summed E-state index contributed by atoms with van der Waals surface area (Å²) in [5.74, 6) is 0. The molecular formula is C18H35NO. The van der Waals surface area contributed by atoms with E-state index >= 15 is 0 Å². The standard InChI is InChI=1S/C18H35NO/c1-5-12-19-15-14-16(20-13-11-17(2,3)4)18(15)9-7-6-8-10-18/h15-16,19H,5-14H2,1-4H3. The Labute approximate surface area is 126 Å². The van der Waals surface area contributed by atoms with Crippen molar-refractivity contribution in [2.45, 2.75) is 91.2 Å². The summed E-state index contributed by atoms with van der Waals surface area (Å²) >= 11 is 0. The van der Waals surface area contributed by atoms with E-state index in [-0.39, 0.29) is 0 Å². The van der Waals surface area contributed by atoms with E-state index in [2.05, 4.69) is 33.0 Å². The summed E-state index contributed by atoms with van der Waals surface area (Å²) in [7, 11) is 0. The van der Waals surface area contributed by atoms with Crippen molar-refractivity contribution < 1.29 is 4.74 Å². The van der Waals surface area contributed by atoms with Gasteiger partial charge in [-0.3, -0.25) is 0 Å². The summed E-state index contributed by atoms with van der Waals surface area (Å²) in [4.78, 5) is 0. The Kier molecular flexibility index (Phi) is 5.53. The molecule has 0 heterocycles. The van der Waals surface area contributed by atoms with E-state index in [0.29, 0.717) is 16.9 Å². The molecular weight excluding hydrogens is 246 g/mol. The van der Waals surface area contributed by atoms with Gasteiger partial charge in [0.05, 0.1) is 6.10 Å². The molecule has 0 aliphatic heterocycles. The average molecular weight is 281 g/mol. The number of ether oxygens (including phenoxy) is 1. The maximum atomic E-state index is 6.32. The summed E-state index contributed by atoms with van der Waals surface area (Å²) in [6, 6.07) is 0.724. The topological polar surface area (TPSA) is 21.3 Å². The smallest absolute Gasteiger partial charge is 0.0661 e. The van der Waals surface area contributed by atoms with Gasteiger partial charge in [-0.25, -0.2) is 0 Å². The molecule has 2 rings (SSSR count). The van der Waals surface area contributed by atoms with Crippen LogP contribution in [0, 0.1) is 10.8 Å². The zero-order valence-electron chi connectivity index (χ0n) is 14.1. The second kappa shape index (κ2) is 6.79. The molecule has 1 spiro atoms. The number of hydrogen-bond donors (Lipinski definition) is 1. The molecule has 1 N–H and O–H groups in total. The van der Waals surface area contributed by atoms with Crippen LogP contribution >= 0.6 is 0 Å². The lowest BCUT2D eigenvalue weighted by molar-refractivity contribution is -0.155. The molecule has 118 valence electrons. The second-order valence-corrected chi connectivity index (χ2v) is 8.21. The fourth-order valence-corrected chi connectivity index (χ4v) is 3.97. The minimum atomic E-state index is 0.392. The van der Waals surface area contributed by atoms with E-state index in [1.165, 1.54) is 57.9 Å². The van der Waals surface area contributed by atoms with Gasteiger partial charge in [0, 0.05) is 18.1 Å². The minimum absolute atomic E-state index is 0.392. The fourth-order valence-electron chi connectivity index (χ4n) is 3.97. The van der Waals surface area contributed by atoms with Gasteiger partial charge in [0.2, 0.25) is 0 Å². The summed E-state index contributed by atoms with van der Waals surface area (Å²) < 4.78 is 6.32. The van der Waals surface area contributed by atoms with Crippen molar-refractivity contribution in [3.05, 3.63) is 0 Å².